The van der Waals surface area contributed by atoms with Crippen LogP contribution in [0.15, 0.2) is 48.8 Å². The Labute approximate surface area is 176 Å². The van der Waals surface area contributed by atoms with E-state index in [1.54, 1.807) is 56.3 Å². The molecule has 2 amide bonds. The summed E-state index contributed by atoms with van der Waals surface area (Å²) in [5.41, 5.74) is -0.672. The summed E-state index contributed by atoms with van der Waals surface area (Å²) >= 11 is 0. The number of aromatic nitrogens is 2. The zero-order chi connectivity index (χ0) is 21.6. The first-order chi connectivity index (χ1) is 14.3. The lowest BCUT2D eigenvalue weighted by atomic mass is 10.1. The number of anilines is 1. The summed E-state index contributed by atoms with van der Waals surface area (Å²) in [5, 5.41) is 0. The highest BCUT2D eigenvalue weighted by Crippen LogP contribution is 2.19. The van der Waals surface area contributed by atoms with Crippen LogP contribution in [0, 0.1) is 0 Å². The number of amides is 2. The van der Waals surface area contributed by atoms with E-state index in [-0.39, 0.29) is 18.6 Å². The number of ether oxygens (including phenoxy) is 2. The summed E-state index contributed by atoms with van der Waals surface area (Å²) in [4.78, 5) is 37.0. The molecule has 30 heavy (non-hydrogen) atoms. The Morgan fingerprint density at radius 2 is 1.73 bits per heavy atom. The third-order valence-corrected chi connectivity index (χ3v) is 4.55. The van der Waals surface area contributed by atoms with Gasteiger partial charge in [0.1, 0.15) is 24.1 Å². The predicted octanol–water partition coefficient (Wildman–Crippen LogP) is 3.29. The van der Waals surface area contributed by atoms with Crippen molar-refractivity contribution >= 4 is 17.8 Å². The summed E-state index contributed by atoms with van der Waals surface area (Å²) in [6.45, 7) is 6.35. The van der Waals surface area contributed by atoms with Gasteiger partial charge in [0, 0.05) is 44.4 Å². The number of rotatable bonds is 5. The van der Waals surface area contributed by atoms with Crippen molar-refractivity contribution in [1.29, 1.82) is 0 Å². The fourth-order valence-electron chi connectivity index (χ4n) is 3.12. The lowest BCUT2D eigenvalue weighted by Gasteiger charge is -2.33. The molecule has 0 aliphatic carbocycles. The van der Waals surface area contributed by atoms with Gasteiger partial charge in [0.15, 0.2) is 0 Å². The largest absolute Gasteiger partial charge is 0.474 e. The highest BCUT2D eigenvalue weighted by Gasteiger charge is 2.30. The van der Waals surface area contributed by atoms with Crippen LogP contribution in [-0.4, -0.2) is 58.2 Å². The third kappa shape index (κ3) is 6.17. The van der Waals surface area contributed by atoms with Crippen LogP contribution in [0.2, 0.25) is 0 Å². The molecule has 0 unspecified atom stereocenters. The summed E-state index contributed by atoms with van der Waals surface area (Å²) in [6, 6.07) is 10.7. The minimum Gasteiger partial charge on any atom is -0.474 e. The van der Waals surface area contributed by atoms with Crippen LogP contribution in [0.1, 0.15) is 33.6 Å². The molecule has 3 rings (SSSR count). The fourth-order valence-corrected chi connectivity index (χ4v) is 3.12. The highest BCUT2D eigenvalue weighted by molar-refractivity contribution is 5.94. The second-order valence-corrected chi connectivity index (χ2v) is 8.12. The Balaban J connectivity index is 1.60. The summed E-state index contributed by atoms with van der Waals surface area (Å²) < 4.78 is 11.4. The first-order valence-corrected chi connectivity index (χ1v) is 10.1. The van der Waals surface area contributed by atoms with Crippen molar-refractivity contribution in [2.24, 2.45) is 0 Å². The molecule has 0 saturated carbocycles. The number of piperidine rings is 1. The molecule has 0 N–H and O–H groups in total. The molecular formula is C22H28N4O4. The van der Waals surface area contributed by atoms with Gasteiger partial charge < -0.3 is 14.4 Å². The molecule has 0 aromatic carbocycles. The molecule has 2 aromatic rings. The normalized spacial score (nSPS) is 14.8. The van der Waals surface area contributed by atoms with E-state index in [0.717, 1.165) is 0 Å². The number of nitrogens with zero attached hydrogens (tertiary/aromatic N) is 4. The van der Waals surface area contributed by atoms with Gasteiger partial charge in [-0.05, 0) is 39.0 Å². The van der Waals surface area contributed by atoms with E-state index in [1.165, 1.54) is 4.90 Å². The average Bonchev–Trinajstić information content (AvgIpc) is 2.72. The highest BCUT2D eigenvalue weighted by atomic mass is 16.6. The van der Waals surface area contributed by atoms with E-state index in [0.29, 0.717) is 37.6 Å². The van der Waals surface area contributed by atoms with Gasteiger partial charge >= 0.3 is 6.09 Å². The molecule has 8 nitrogen and oxygen atoms in total. The number of hydrogen-bond donors (Lipinski definition) is 0. The molecule has 0 radical (unpaired) electrons. The van der Waals surface area contributed by atoms with Gasteiger partial charge in [0.05, 0.1) is 0 Å². The van der Waals surface area contributed by atoms with Gasteiger partial charge in [-0.1, -0.05) is 12.1 Å². The molecule has 0 bridgehead atoms. The van der Waals surface area contributed by atoms with Crippen LogP contribution in [0.4, 0.5) is 10.6 Å². The molecular weight excluding hydrogens is 384 g/mol. The molecule has 1 aliphatic rings. The number of carbonyl (C=O) groups excluding carboxylic acids is 2. The van der Waals surface area contributed by atoms with Crippen LogP contribution in [0.25, 0.3) is 0 Å². The van der Waals surface area contributed by atoms with Gasteiger partial charge in [0.25, 0.3) is 0 Å². The van der Waals surface area contributed by atoms with Gasteiger partial charge in [-0.15, -0.1) is 0 Å². The van der Waals surface area contributed by atoms with Crippen LogP contribution >= 0.6 is 0 Å². The number of carbonyl (C=O) groups is 2. The first-order valence-electron chi connectivity index (χ1n) is 10.1. The molecule has 0 atom stereocenters. The smallest absolute Gasteiger partial charge is 0.416 e. The Morgan fingerprint density at radius 1 is 1.07 bits per heavy atom. The van der Waals surface area contributed by atoms with Crippen LogP contribution in [-0.2, 0) is 9.53 Å². The van der Waals surface area contributed by atoms with Crippen molar-refractivity contribution in [3.05, 3.63) is 48.8 Å². The zero-order valence-electron chi connectivity index (χ0n) is 17.7. The van der Waals surface area contributed by atoms with Crippen molar-refractivity contribution in [3.63, 3.8) is 0 Å². The maximum atomic E-state index is 12.9. The lowest BCUT2D eigenvalue weighted by molar-refractivity contribution is -0.131. The van der Waals surface area contributed by atoms with Crippen LogP contribution < -0.4 is 9.64 Å². The van der Waals surface area contributed by atoms with Gasteiger partial charge in [0.2, 0.25) is 11.8 Å². The van der Waals surface area contributed by atoms with E-state index in [4.69, 9.17) is 9.47 Å². The summed E-state index contributed by atoms with van der Waals surface area (Å²) in [7, 11) is 0. The molecule has 3 heterocycles. The Morgan fingerprint density at radius 3 is 2.30 bits per heavy atom. The van der Waals surface area contributed by atoms with Gasteiger partial charge in [-0.25, -0.2) is 14.8 Å². The zero-order valence-corrected chi connectivity index (χ0v) is 17.7. The van der Waals surface area contributed by atoms with E-state index < -0.39 is 11.7 Å². The second kappa shape index (κ2) is 9.56. The molecule has 8 heteroatoms. The van der Waals surface area contributed by atoms with E-state index in [1.807, 2.05) is 18.2 Å². The predicted molar refractivity (Wildman–Crippen MR) is 112 cm³/mol. The fraction of sp³-hybridized carbons (Fsp3) is 0.455. The van der Waals surface area contributed by atoms with E-state index >= 15 is 0 Å². The number of hydrogen-bond acceptors (Lipinski definition) is 6. The summed E-state index contributed by atoms with van der Waals surface area (Å²) in [5.74, 6) is 0.824. The van der Waals surface area contributed by atoms with Crippen molar-refractivity contribution < 1.29 is 19.1 Å². The molecule has 160 valence electrons. The average molecular weight is 412 g/mol. The Hall–Kier alpha value is -3.16. The van der Waals surface area contributed by atoms with Crippen LogP contribution in [0.3, 0.4) is 0 Å². The standard InChI is InChI=1S/C22H28N4O4/c1-22(2,3)30-21(28)26(18-8-4-6-12-23-18)16-20(27)25-14-10-17(11-15-25)29-19-9-5-7-13-24-19/h4-9,12-13,17H,10-11,14-16H2,1-3H3. The van der Waals surface area contributed by atoms with Gasteiger partial charge in [-0.3, -0.25) is 9.69 Å². The number of likely N-dealkylation sites (tertiary alicyclic amines) is 1. The van der Waals surface area contributed by atoms with Gasteiger partial charge in [-0.2, -0.15) is 0 Å². The molecule has 1 fully saturated rings. The Kier molecular flexibility index (Phi) is 6.87. The molecule has 2 aromatic heterocycles. The van der Waals surface area contributed by atoms with E-state index in [9.17, 15) is 9.59 Å². The van der Waals surface area contributed by atoms with Crippen molar-refractivity contribution in [2.75, 3.05) is 24.5 Å². The minimum atomic E-state index is -0.672. The third-order valence-electron chi connectivity index (χ3n) is 4.55. The minimum absolute atomic E-state index is 0.0155. The monoisotopic (exact) mass is 412 g/mol. The Bertz CT molecular complexity index is 831. The lowest BCUT2D eigenvalue weighted by Crippen LogP contribution is -2.48. The summed E-state index contributed by atoms with van der Waals surface area (Å²) in [6.07, 6.45) is 4.11. The maximum absolute atomic E-state index is 12.9. The van der Waals surface area contributed by atoms with E-state index in [2.05, 4.69) is 9.97 Å². The topological polar surface area (TPSA) is 84.9 Å². The van der Waals surface area contributed by atoms with Crippen molar-refractivity contribution in [2.45, 2.75) is 45.3 Å². The quantitative estimate of drug-likeness (QED) is 0.749. The van der Waals surface area contributed by atoms with Crippen molar-refractivity contribution in [3.8, 4) is 5.88 Å². The van der Waals surface area contributed by atoms with Crippen LogP contribution in [0.5, 0.6) is 5.88 Å². The first kappa shape index (κ1) is 21.5. The number of pyridine rings is 2. The molecule has 0 spiro atoms. The maximum Gasteiger partial charge on any atom is 0.416 e. The molecule has 1 saturated heterocycles. The van der Waals surface area contributed by atoms with Crippen molar-refractivity contribution in [1.82, 2.24) is 14.9 Å². The molecule has 1 aliphatic heterocycles. The second-order valence-electron chi connectivity index (χ2n) is 8.12. The SMILES string of the molecule is CC(C)(C)OC(=O)N(CC(=O)N1CCC(Oc2ccccn2)CC1)c1ccccn1.